The minimum atomic E-state index is -0.462. The molecule has 14 aromatic carbocycles. The number of benzene rings is 14. The second kappa shape index (κ2) is 36.9. The Kier molecular flexibility index (Phi) is 26.4. The van der Waals surface area contributed by atoms with Crippen LogP contribution in [-0.4, -0.2) is 18.2 Å². The molecule has 0 nitrogen and oxygen atoms in total. The fourth-order valence-corrected chi connectivity index (χ4v) is 27.7. The first-order chi connectivity index (χ1) is 46.6. The summed E-state index contributed by atoms with van der Waals surface area (Å²) in [6.45, 7) is 2.16. The quantitative estimate of drug-likeness (QED) is 0.0708. The lowest BCUT2D eigenvalue weighted by Gasteiger charge is -2.26. The van der Waals surface area contributed by atoms with Gasteiger partial charge in [-0.1, -0.05) is 424 Å². The van der Waals surface area contributed by atoms with Crippen LogP contribution in [0.2, 0.25) is 0 Å². The highest BCUT2D eigenvalue weighted by atomic mass is 31.2. The van der Waals surface area contributed by atoms with Crippen LogP contribution in [0.4, 0.5) is 0 Å². The molecule has 0 N–H and O–H groups in total. The lowest BCUT2D eigenvalue weighted by Crippen LogP contribution is -2.20. The van der Waals surface area contributed by atoms with E-state index < -0.39 is 31.7 Å². The zero-order chi connectivity index (χ0) is 64.0. The van der Waals surface area contributed by atoms with Gasteiger partial charge in [-0.25, -0.2) is 0 Å². The molecule has 94 heavy (non-hydrogen) atoms. The summed E-state index contributed by atoms with van der Waals surface area (Å²) in [5.74, 6) is 1.17. The molecule has 0 aliphatic rings. The molecule has 0 saturated heterocycles. The Morgan fingerprint density at radius 1 is 0.160 bits per heavy atom. The van der Waals surface area contributed by atoms with Gasteiger partial charge in [0.1, 0.15) is 0 Å². The topological polar surface area (TPSA) is 0 Å². The van der Waals surface area contributed by atoms with Gasteiger partial charge in [0.2, 0.25) is 0 Å². The van der Waals surface area contributed by atoms with Crippen LogP contribution in [0.1, 0.15) is 5.56 Å². The van der Waals surface area contributed by atoms with Crippen molar-refractivity contribution in [2.45, 2.75) is 6.92 Å². The summed E-state index contributed by atoms with van der Waals surface area (Å²) in [4.78, 5) is 0. The lowest BCUT2D eigenvalue weighted by molar-refractivity contribution is 1.50. The lowest BCUT2D eigenvalue weighted by atomic mass is 10.2. The van der Waals surface area contributed by atoms with Crippen LogP contribution >= 0.6 is 47.5 Å². The molecule has 0 bridgehead atoms. The van der Waals surface area contributed by atoms with Crippen molar-refractivity contribution in [1.29, 1.82) is 0 Å². The third-order valence-corrected chi connectivity index (χ3v) is 31.9. The first-order valence-corrected chi connectivity index (χ1v) is 40.8. The molecule has 0 aliphatic heterocycles. The molecule has 460 valence electrons. The summed E-state index contributed by atoms with van der Waals surface area (Å²) < 4.78 is 0. The van der Waals surface area contributed by atoms with Crippen molar-refractivity contribution in [2.24, 2.45) is 0 Å². The summed E-state index contributed by atoms with van der Waals surface area (Å²) in [6, 6.07) is 151. The SMILES string of the molecule is Cc1cccc(P(c2ccccc2)c2ccccc2)c1.c1ccc(P(CCP(c2ccccc2)c2ccccc2)c2ccccc2)cc1.c1ccc(P(CP(c2ccccc2)c2ccccc2)c2ccccc2)cc1.c1ccc(P(c2ccccc2)c2ccccc2)cc1. The van der Waals surface area contributed by atoms with Gasteiger partial charge in [0.15, 0.2) is 0 Å². The average Bonchev–Trinajstić information content (AvgIpc) is 1.03. The summed E-state index contributed by atoms with van der Waals surface area (Å²) in [7, 11) is -2.42. The first kappa shape index (κ1) is 67.1. The van der Waals surface area contributed by atoms with E-state index >= 15 is 0 Å². The molecule has 0 atom stereocenters. The highest BCUT2D eigenvalue weighted by Gasteiger charge is 2.23. The van der Waals surface area contributed by atoms with Gasteiger partial charge >= 0.3 is 0 Å². The second-order valence-corrected chi connectivity index (χ2v) is 36.2. The minimum absolute atomic E-state index is 0.348. The van der Waals surface area contributed by atoms with Crippen molar-refractivity contribution in [3.8, 4) is 0 Å². The first-order valence-electron chi connectivity index (χ1n) is 32.1. The summed E-state index contributed by atoms with van der Waals surface area (Å²) in [6.07, 6.45) is 2.41. The fraction of sp³-hybridized carbons (Fsp3) is 0.0455. The van der Waals surface area contributed by atoms with Crippen LogP contribution in [0, 0.1) is 6.92 Å². The molecular weight excluding hydrogens is 1240 g/mol. The standard InChI is InChI=1S/C26H24P2.C25H22P2.C19H17P.C18H15P/c1-5-13-23(14-6-1)27(24-15-7-2-8-16-24)21-22-28(25-17-9-3-10-18-25)26-19-11-4-12-20-26;1-5-13-22(14-6-1)26(23-15-7-2-8-16-23)21-27(24-17-9-3-10-18-24)25-19-11-4-12-20-25;1-16-9-8-14-19(15-16)20(17-10-4-2-5-11-17)18-12-6-3-7-13-18;1-4-10-16(11-5-1)19(17-12-6-2-7-13-17)18-14-8-3-9-15-18/h1-20H,21-22H2;1-20H,21H2;2-15H,1H3;1-15H. The second-order valence-electron chi connectivity index (χ2n) is 22.2. The van der Waals surface area contributed by atoms with Crippen molar-refractivity contribution in [3.05, 3.63) is 424 Å². The van der Waals surface area contributed by atoms with Gasteiger partial charge in [-0.3, -0.25) is 0 Å². The zero-order valence-electron chi connectivity index (χ0n) is 53.1. The average molecular weight is 1320 g/mol. The van der Waals surface area contributed by atoms with E-state index in [0.717, 1.165) is 0 Å². The Hall–Kier alpha value is -8.34. The van der Waals surface area contributed by atoms with Gasteiger partial charge in [-0.15, -0.1) is 0 Å². The van der Waals surface area contributed by atoms with Gasteiger partial charge in [0.05, 0.1) is 0 Å². The monoisotopic (exact) mass is 1320 g/mol. The Bertz CT molecular complexity index is 3870. The highest BCUT2D eigenvalue weighted by molar-refractivity contribution is 7.88. The molecule has 0 radical (unpaired) electrons. The maximum atomic E-state index is 2.31. The molecule has 0 amide bonds. The van der Waals surface area contributed by atoms with E-state index in [1.54, 1.807) is 0 Å². The van der Waals surface area contributed by atoms with Crippen LogP contribution in [-0.2, 0) is 0 Å². The van der Waals surface area contributed by atoms with E-state index in [-0.39, 0.29) is 15.8 Å². The molecule has 0 unspecified atom stereocenters. The molecule has 0 fully saturated rings. The van der Waals surface area contributed by atoms with Crippen molar-refractivity contribution >= 4 is 122 Å². The molecule has 0 heterocycles. The molecule has 14 aromatic rings. The number of rotatable bonds is 19. The van der Waals surface area contributed by atoms with Crippen LogP contribution in [0.25, 0.3) is 0 Å². The Balaban J connectivity index is 0.000000130. The van der Waals surface area contributed by atoms with Crippen LogP contribution in [0.5, 0.6) is 0 Å². The van der Waals surface area contributed by atoms with Gasteiger partial charge in [-0.05, 0) is 141 Å². The number of hydrogen-bond donors (Lipinski definition) is 0. The van der Waals surface area contributed by atoms with Crippen molar-refractivity contribution < 1.29 is 0 Å². The largest absolute Gasteiger partial charge is 0.0622 e. The molecule has 0 saturated carbocycles. The molecule has 14 rings (SSSR count). The number of hydrogen-bond acceptors (Lipinski definition) is 0. The minimum Gasteiger partial charge on any atom is -0.0622 e. The third-order valence-electron chi connectivity index (χ3n) is 15.7. The fourth-order valence-electron chi connectivity index (χ4n) is 11.2. The predicted octanol–water partition coefficient (Wildman–Crippen LogP) is 17.7. The normalized spacial score (nSPS) is 10.9. The summed E-state index contributed by atoms with van der Waals surface area (Å²) in [5.41, 5.74) is 1.32. The van der Waals surface area contributed by atoms with Crippen molar-refractivity contribution in [1.82, 2.24) is 0 Å². The summed E-state index contributed by atoms with van der Waals surface area (Å²) >= 11 is 0. The van der Waals surface area contributed by atoms with E-state index in [4.69, 9.17) is 0 Å². The Morgan fingerprint density at radius 2 is 0.319 bits per heavy atom. The van der Waals surface area contributed by atoms with Gasteiger partial charge in [0, 0.05) is 5.90 Å². The van der Waals surface area contributed by atoms with Crippen molar-refractivity contribution in [2.75, 3.05) is 18.2 Å². The zero-order valence-corrected chi connectivity index (χ0v) is 58.5. The number of aryl methyl sites for hydroxylation is 1. The maximum Gasteiger partial charge on any atom is 0.00405 e. The Morgan fingerprint density at radius 3 is 0.511 bits per heavy atom. The highest BCUT2D eigenvalue weighted by Crippen LogP contribution is 2.49. The molecule has 0 aliphatic carbocycles. The van der Waals surface area contributed by atoms with E-state index in [2.05, 4.69) is 426 Å². The predicted molar refractivity (Wildman–Crippen MR) is 426 cm³/mol. The van der Waals surface area contributed by atoms with Gasteiger partial charge < -0.3 is 0 Å². The summed E-state index contributed by atoms with van der Waals surface area (Å²) in [5, 5.41) is 20.1. The van der Waals surface area contributed by atoms with E-state index in [0.29, 0.717) is 0 Å². The molecule has 6 heteroatoms. The van der Waals surface area contributed by atoms with E-state index in [1.807, 2.05) is 0 Å². The molecule has 0 aromatic heterocycles. The van der Waals surface area contributed by atoms with E-state index in [9.17, 15) is 0 Å². The van der Waals surface area contributed by atoms with Crippen molar-refractivity contribution in [3.63, 3.8) is 0 Å². The van der Waals surface area contributed by atoms with Gasteiger partial charge in [-0.2, -0.15) is 0 Å². The molecule has 0 spiro atoms. The van der Waals surface area contributed by atoms with Crippen LogP contribution in [0.3, 0.4) is 0 Å². The molecular formula is C88H78P6. The van der Waals surface area contributed by atoms with Gasteiger partial charge in [0.25, 0.3) is 0 Å². The van der Waals surface area contributed by atoms with E-state index in [1.165, 1.54) is 98.1 Å². The maximum absolute atomic E-state index is 2.31. The van der Waals surface area contributed by atoms with Crippen LogP contribution in [0.15, 0.2) is 419 Å². The third kappa shape index (κ3) is 19.6. The smallest absolute Gasteiger partial charge is 0.00405 e. The Labute approximate surface area is 567 Å². The van der Waals surface area contributed by atoms with Crippen LogP contribution < -0.4 is 74.3 Å².